The number of hydrogen-bond donors (Lipinski definition) is 0. The SMILES string of the molecule is CCOc1ccc2nc(N(CCN(C)C)C(=O)CN(C)S(C)(=O)=O)sc2c1.Cl. The molecule has 11 heteroatoms. The average molecular weight is 451 g/mol. The van der Waals surface area contributed by atoms with E-state index in [4.69, 9.17) is 4.74 Å². The lowest BCUT2D eigenvalue weighted by Crippen LogP contribution is -2.43. The number of amides is 1. The van der Waals surface area contributed by atoms with Crippen LogP contribution in [0.15, 0.2) is 18.2 Å². The fourth-order valence-electron chi connectivity index (χ4n) is 2.28. The van der Waals surface area contributed by atoms with Crippen molar-refractivity contribution in [1.29, 1.82) is 0 Å². The summed E-state index contributed by atoms with van der Waals surface area (Å²) < 4.78 is 30.8. The highest BCUT2D eigenvalue weighted by Crippen LogP contribution is 2.31. The number of benzene rings is 1. The standard InChI is InChI=1S/C17H26N4O4S2.ClH/c1-6-25-13-7-8-14-15(11-13)26-17(18-14)21(10-9-19(2)3)16(22)12-20(4)27(5,23)24;/h7-8,11H,6,9-10,12H2,1-5H3;1H. The van der Waals surface area contributed by atoms with Crippen LogP contribution < -0.4 is 9.64 Å². The van der Waals surface area contributed by atoms with Crippen LogP contribution in [0.5, 0.6) is 5.75 Å². The molecule has 0 N–H and O–H groups in total. The summed E-state index contributed by atoms with van der Waals surface area (Å²) in [7, 11) is 1.78. The van der Waals surface area contributed by atoms with Crippen molar-refractivity contribution in [2.75, 3.05) is 58.5 Å². The van der Waals surface area contributed by atoms with Gasteiger partial charge < -0.3 is 9.64 Å². The first-order chi connectivity index (χ1) is 12.6. The minimum absolute atomic E-state index is 0. The number of halogens is 1. The number of ether oxygens (including phenoxy) is 1. The summed E-state index contributed by atoms with van der Waals surface area (Å²) in [6.45, 7) is 3.31. The van der Waals surface area contributed by atoms with Crippen LogP contribution >= 0.6 is 23.7 Å². The van der Waals surface area contributed by atoms with Gasteiger partial charge in [-0.25, -0.2) is 13.4 Å². The maximum absolute atomic E-state index is 12.8. The number of anilines is 1. The molecule has 1 amide bonds. The Morgan fingerprint density at radius 2 is 1.89 bits per heavy atom. The molecule has 8 nitrogen and oxygen atoms in total. The van der Waals surface area contributed by atoms with Crippen molar-refractivity contribution in [3.63, 3.8) is 0 Å². The Kier molecular flexibility index (Phi) is 9.09. The number of sulfonamides is 1. The molecule has 158 valence electrons. The molecule has 0 atom stereocenters. The van der Waals surface area contributed by atoms with Gasteiger partial charge in [0.15, 0.2) is 5.13 Å². The summed E-state index contributed by atoms with van der Waals surface area (Å²) in [5, 5.41) is 0.549. The molecule has 0 unspecified atom stereocenters. The van der Waals surface area contributed by atoms with Gasteiger partial charge in [0, 0.05) is 20.1 Å². The topological polar surface area (TPSA) is 83.1 Å². The van der Waals surface area contributed by atoms with Gasteiger partial charge in [-0.2, -0.15) is 4.31 Å². The highest BCUT2D eigenvalue weighted by atomic mass is 35.5. The second kappa shape index (κ2) is 10.4. The van der Waals surface area contributed by atoms with E-state index in [1.54, 1.807) is 4.90 Å². The normalized spacial score (nSPS) is 11.7. The number of carbonyl (C=O) groups is 1. The van der Waals surface area contributed by atoms with Crippen molar-refractivity contribution in [1.82, 2.24) is 14.2 Å². The van der Waals surface area contributed by atoms with Crippen LogP contribution in [0.1, 0.15) is 6.92 Å². The number of rotatable bonds is 9. The molecule has 2 aromatic rings. The molecule has 0 radical (unpaired) electrons. The number of aromatic nitrogens is 1. The van der Waals surface area contributed by atoms with Gasteiger partial charge in [0.2, 0.25) is 15.9 Å². The van der Waals surface area contributed by atoms with E-state index < -0.39 is 10.0 Å². The van der Waals surface area contributed by atoms with E-state index in [1.165, 1.54) is 18.4 Å². The lowest BCUT2D eigenvalue weighted by molar-refractivity contribution is -0.118. The number of carbonyl (C=O) groups excluding carboxylic acids is 1. The minimum atomic E-state index is -3.44. The quantitative estimate of drug-likeness (QED) is 0.580. The summed E-state index contributed by atoms with van der Waals surface area (Å²) in [5.41, 5.74) is 0.776. The van der Waals surface area contributed by atoms with Crippen molar-refractivity contribution >= 4 is 55.0 Å². The van der Waals surface area contributed by atoms with Crippen LogP contribution in [0.3, 0.4) is 0 Å². The van der Waals surface area contributed by atoms with E-state index in [9.17, 15) is 13.2 Å². The molecule has 0 spiro atoms. The highest BCUT2D eigenvalue weighted by Gasteiger charge is 2.24. The third-order valence-electron chi connectivity index (χ3n) is 3.89. The Morgan fingerprint density at radius 1 is 1.21 bits per heavy atom. The Bertz CT molecular complexity index is 902. The number of likely N-dealkylation sites (N-methyl/N-ethyl adjacent to an activating group) is 2. The van der Waals surface area contributed by atoms with Crippen molar-refractivity contribution < 1.29 is 17.9 Å². The summed E-state index contributed by atoms with van der Waals surface area (Å²) in [5.74, 6) is 0.442. The van der Waals surface area contributed by atoms with Crippen molar-refractivity contribution in [3.8, 4) is 5.75 Å². The zero-order valence-corrected chi connectivity index (χ0v) is 19.2. The van der Waals surface area contributed by atoms with Gasteiger partial charge in [-0.15, -0.1) is 12.4 Å². The van der Waals surface area contributed by atoms with E-state index in [-0.39, 0.29) is 24.9 Å². The first kappa shape index (κ1) is 24.6. The molecule has 0 aliphatic rings. The first-order valence-electron chi connectivity index (χ1n) is 8.51. The molecule has 0 aliphatic heterocycles. The average Bonchev–Trinajstić information content (AvgIpc) is 2.97. The molecule has 0 saturated carbocycles. The lowest BCUT2D eigenvalue weighted by Gasteiger charge is -2.24. The smallest absolute Gasteiger partial charge is 0.244 e. The van der Waals surface area contributed by atoms with Crippen LogP contribution in [-0.2, 0) is 14.8 Å². The van der Waals surface area contributed by atoms with Gasteiger partial charge in [0.1, 0.15) is 5.75 Å². The van der Waals surface area contributed by atoms with Crippen molar-refractivity contribution in [2.45, 2.75) is 6.92 Å². The predicted octanol–water partition coefficient (Wildman–Crippen LogP) is 1.90. The van der Waals surface area contributed by atoms with Crippen LogP contribution in [0.4, 0.5) is 5.13 Å². The van der Waals surface area contributed by atoms with E-state index in [0.717, 1.165) is 26.5 Å². The van der Waals surface area contributed by atoms with E-state index in [0.29, 0.717) is 24.8 Å². The predicted molar refractivity (Wildman–Crippen MR) is 116 cm³/mol. The lowest BCUT2D eigenvalue weighted by atomic mass is 10.3. The molecule has 0 saturated heterocycles. The van der Waals surface area contributed by atoms with Gasteiger partial charge in [-0.1, -0.05) is 11.3 Å². The summed E-state index contributed by atoms with van der Waals surface area (Å²) in [6, 6.07) is 5.60. The maximum atomic E-state index is 12.8. The molecule has 1 heterocycles. The Balaban J connectivity index is 0.00000392. The Hall–Kier alpha value is -1.46. The van der Waals surface area contributed by atoms with E-state index in [2.05, 4.69) is 4.98 Å². The van der Waals surface area contributed by atoms with Crippen LogP contribution in [0, 0.1) is 0 Å². The van der Waals surface area contributed by atoms with Crippen LogP contribution in [0.2, 0.25) is 0 Å². The third-order valence-corrected chi connectivity index (χ3v) is 6.19. The summed E-state index contributed by atoms with van der Waals surface area (Å²) in [6.07, 6.45) is 1.08. The zero-order valence-electron chi connectivity index (χ0n) is 16.7. The number of nitrogens with zero attached hydrogens (tertiary/aromatic N) is 4. The molecule has 2 rings (SSSR count). The second-order valence-electron chi connectivity index (χ2n) is 6.43. The largest absolute Gasteiger partial charge is 0.494 e. The molecular weight excluding hydrogens is 424 g/mol. The van der Waals surface area contributed by atoms with Gasteiger partial charge in [0.25, 0.3) is 0 Å². The molecule has 0 fully saturated rings. The number of fused-ring (bicyclic) bond motifs is 1. The van der Waals surface area contributed by atoms with Gasteiger partial charge in [0.05, 0.1) is 29.6 Å². The monoisotopic (exact) mass is 450 g/mol. The molecule has 0 aliphatic carbocycles. The van der Waals surface area contributed by atoms with Crippen molar-refractivity contribution in [2.24, 2.45) is 0 Å². The van der Waals surface area contributed by atoms with Gasteiger partial charge in [-0.3, -0.25) is 9.69 Å². The van der Waals surface area contributed by atoms with Gasteiger partial charge in [-0.05, 0) is 39.2 Å². The van der Waals surface area contributed by atoms with Crippen LogP contribution in [-0.4, -0.2) is 82.2 Å². The van der Waals surface area contributed by atoms with Gasteiger partial charge >= 0.3 is 0 Å². The van der Waals surface area contributed by atoms with E-state index >= 15 is 0 Å². The molecular formula is C17H27ClN4O4S2. The highest BCUT2D eigenvalue weighted by molar-refractivity contribution is 7.88. The third kappa shape index (κ3) is 6.56. The zero-order chi connectivity index (χ0) is 20.2. The molecule has 1 aromatic heterocycles. The molecule has 28 heavy (non-hydrogen) atoms. The second-order valence-corrected chi connectivity index (χ2v) is 9.53. The van der Waals surface area contributed by atoms with Crippen molar-refractivity contribution in [3.05, 3.63) is 18.2 Å². The molecule has 1 aromatic carbocycles. The Morgan fingerprint density at radius 3 is 2.46 bits per heavy atom. The van der Waals surface area contributed by atoms with E-state index in [1.807, 2.05) is 44.1 Å². The number of hydrogen-bond acceptors (Lipinski definition) is 7. The fraction of sp³-hybridized carbons (Fsp3) is 0.529. The summed E-state index contributed by atoms with van der Waals surface area (Å²) >= 11 is 1.39. The fourth-order valence-corrected chi connectivity index (χ4v) is 3.67. The molecule has 0 bridgehead atoms. The Labute approximate surface area is 176 Å². The van der Waals surface area contributed by atoms with Crippen LogP contribution in [0.25, 0.3) is 10.2 Å². The number of thiazole rings is 1. The minimum Gasteiger partial charge on any atom is -0.494 e. The maximum Gasteiger partial charge on any atom is 0.244 e. The first-order valence-corrected chi connectivity index (χ1v) is 11.2. The summed E-state index contributed by atoms with van der Waals surface area (Å²) in [4.78, 5) is 20.9.